The van der Waals surface area contributed by atoms with Crippen molar-refractivity contribution >= 4 is 12.2 Å². The summed E-state index contributed by atoms with van der Waals surface area (Å²) in [5.41, 5.74) is 1.54. The topological polar surface area (TPSA) is 117 Å². The number of ether oxygens (including phenoxy) is 2. The van der Waals surface area contributed by atoms with Crippen molar-refractivity contribution in [3.63, 3.8) is 0 Å². The van der Waals surface area contributed by atoms with Crippen LogP contribution in [-0.2, 0) is 16.0 Å². The zero-order valence-corrected chi connectivity index (χ0v) is 15.1. The van der Waals surface area contributed by atoms with Crippen molar-refractivity contribution in [2.24, 2.45) is 0 Å². The van der Waals surface area contributed by atoms with Gasteiger partial charge in [0.15, 0.2) is 0 Å². The summed E-state index contributed by atoms with van der Waals surface area (Å²) >= 11 is 0. The summed E-state index contributed by atoms with van der Waals surface area (Å²) in [5.74, 6) is 0. The van der Waals surface area contributed by atoms with Crippen LogP contribution in [0, 0.1) is 0 Å². The fourth-order valence-electron chi connectivity index (χ4n) is 2.17. The van der Waals surface area contributed by atoms with Crippen molar-refractivity contribution in [3.05, 3.63) is 60.7 Å². The number of carbonyl (C=O) groups is 2. The maximum absolute atomic E-state index is 11.8. The third-order valence-electron chi connectivity index (χ3n) is 3.49. The molecule has 0 aliphatic rings. The average molecular weight is 378 g/mol. The molecule has 0 bridgehead atoms. The highest BCUT2D eigenvalue weighted by atomic mass is 16.6. The van der Waals surface area contributed by atoms with Gasteiger partial charge in [0.1, 0.15) is 13.2 Å². The standard InChI is InChI=1S/C19H26N2O6/c1-3-9-26-18(24)20-12-14-5-7-15(8-6-14)17(11-16(23)13-22)21-19(25)27-10-4-2/h3-8,16-17,22-23H,1-2,9-13H2,(H,20,24)(H,21,25)/t16-,17-/m1/s1. The number of hydrogen-bond acceptors (Lipinski definition) is 6. The van der Waals surface area contributed by atoms with Gasteiger partial charge in [0.2, 0.25) is 0 Å². The lowest BCUT2D eigenvalue weighted by Crippen LogP contribution is -2.32. The molecule has 2 atom stereocenters. The molecule has 0 unspecified atom stereocenters. The minimum atomic E-state index is -0.990. The fraction of sp³-hybridized carbons (Fsp3) is 0.368. The van der Waals surface area contributed by atoms with E-state index in [4.69, 9.17) is 14.6 Å². The third kappa shape index (κ3) is 8.89. The Hall–Kier alpha value is -2.84. The second kappa shape index (κ2) is 12.5. The molecule has 0 heterocycles. The van der Waals surface area contributed by atoms with Crippen LogP contribution < -0.4 is 10.6 Å². The van der Waals surface area contributed by atoms with E-state index >= 15 is 0 Å². The monoisotopic (exact) mass is 378 g/mol. The number of hydrogen-bond donors (Lipinski definition) is 4. The van der Waals surface area contributed by atoms with Gasteiger partial charge in [0.05, 0.1) is 18.8 Å². The lowest BCUT2D eigenvalue weighted by Gasteiger charge is -2.21. The van der Waals surface area contributed by atoms with E-state index in [2.05, 4.69) is 23.8 Å². The summed E-state index contributed by atoms with van der Waals surface area (Å²) in [6.45, 7) is 6.97. The SMILES string of the molecule is C=CCOC(=O)NCc1ccc([C@@H](C[C@@H](O)CO)NC(=O)OCC=C)cc1. The van der Waals surface area contributed by atoms with Crippen molar-refractivity contribution in [3.8, 4) is 0 Å². The predicted octanol–water partition coefficient (Wildman–Crippen LogP) is 1.80. The van der Waals surface area contributed by atoms with Crippen LogP contribution in [0.25, 0.3) is 0 Å². The summed E-state index contributed by atoms with van der Waals surface area (Å²) < 4.78 is 9.72. The maximum atomic E-state index is 11.8. The lowest BCUT2D eigenvalue weighted by molar-refractivity contribution is 0.0773. The van der Waals surface area contributed by atoms with Crippen LogP contribution >= 0.6 is 0 Å². The molecule has 0 aliphatic carbocycles. The first-order valence-corrected chi connectivity index (χ1v) is 8.43. The number of amides is 2. The van der Waals surface area contributed by atoms with Gasteiger partial charge in [0, 0.05) is 13.0 Å². The van der Waals surface area contributed by atoms with Crippen molar-refractivity contribution in [2.45, 2.75) is 25.1 Å². The largest absolute Gasteiger partial charge is 0.445 e. The minimum absolute atomic E-state index is 0.0632. The second-order valence-corrected chi connectivity index (χ2v) is 5.64. The second-order valence-electron chi connectivity index (χ2n) is 5.64. The Morgan fingerprint density at radius 2 is 1.67 bits per heavy atom. The molecule has 0 aliphatic heterocycles. The normalized spacial score (nSPS) is 12.4. The molecule has 0 aromatic heterocycles. The molecule has 0 fully saturated rings. The van der Waals surface area contributed by atoms with Gasteiger partial charge < -0.3 is 30.3 Å². The third-order valence-corrected chi connectivity index (χ3v) is 3.49. The van der Waals surface area contributed by atoms with Gasteiger partial charge in [-0.05, 0) is 11.1 Å². The van der Waals surface area contributed by atoms with Gasteiger partial charge in [-0.1, -0.05) is 49.6 Å². The van der Waals surface area contributed by atoms with Crippen LogP contribution in [0.5, 0.6) is 0 Å². The van der Waals surface area contributed by atoms with Crippen molar-refractivity contribution in [1.82, 2.24) is 10.6 Å². The molecule has 2 amide bonds. The summed E-state index contributed by atoms with van der Waals surface area (Å²) in [7, 11) is 0. The molecule has 1 aromatic carbocycles. The smallest absolute Gasteiger partial charge is 0.407 e. The Bertz CT molecular complexity index is 617. The van der Waals surface area contributed by atoms with Crippen molar-refractivity contribution in [2.75, 3.05) is 19.8 Å². The fourth-order valence-corrected chi connectivity index (χ4v) is 2.17. The van der Waals surface area contributed by atoms with E-state index in [1.54, 1.807) is 24.3 Å². The van der Waals surface area contributed by atoms with E-state index in [9.17, 15) is 14.7 Å². The number of aliphatic hydroxyl groups is 2. The van der Waals surface area contributed by atoms with Gasteiger partial charge in [-0.3, -0.25) is 0 Å². The van der Waals surface area contributed by atoms with Crippen LogP contribution in [-0.4, -0.2) is 48.3 Å². The summed E-state index contributed by atoms with van der Waals surface area (Å²) in [6.07, 6.45) is 0.845. The first-order chi connectivity index (χ1) is 13.0. The van der Waals surface area contributed by atoms with E-state index < -0.39 is 30.9 Å². The Morgan fingerprint density at radius 3 is 2.22 bits per heavy atom. The molecule has 8 nitrogen and oxygen atoms in total. The maximum Gasteiger partial charge on any atom is 0.407 e. The number of nitrogens with one attached hydrogen (secondary N) is 2. The summed E-state index contributed by atoms with van der Waals surface area (Å²) in [5, 5.41) is 24.0. The molecule has 148 valence electrons. The van der Waals surface area contributed by atoms with E-state index in [1.165, 1.54) is 12.2 Å². The van der Waals surface area contributed by atoms with Gasteiger partial charge >= 0.3 is 12.2 Å². The number of aliphatic hydroxyl groups excluding tert-OH is 2. The Morgan fingerprint density at radius 1 is 1.07 bits per heavy atom. The quantitative estimate of drug-likeness (QED) is 0.436. The van der Waals surface area contributed by atoms with E-state index in [0.717, 1.165) is 11.1 Å². The molecule has 1 rings (SSSR count). The molecule has 0 saturated carbocycles. The Kier molecular flexibility index (Phi) is 10.3. The van der Waals surface area contributed by atoms with Crippen molar-refractivity contribution < 1.29 is 29.3 Å². The predicted molar refractivity (Wildman–Crippen MR) is 100.0 cm³/mol. The molecule has 1 aromatic rings. The number of rotatable bonds is 11. The number of alkyl carbamates (subject to hydrolysis) is 2. The summed E-state index contributed by atoms with van der Waals surface area (Å²) in [6, 6.07) is 6.52. The molecular weight excluding hydrogens is 352 g/mol. The lowest BCUT2D eigenvalue weighted by atomic mass is 9.99. The molecular formula is C19H26N2O6. The average Bonchev–Trinajstić information content (AvgIpc) is 2.68. The highest BCUT2D eigenvalue weighted by Gasteiger charge is 2.19. The Balaban J connectivity index is 2.71. The van der Waals surface area contributed by atoms with Crippen LogP contribution in [0.15, 0.2) is 49.6 Å². The van der Waals surface area contributed by atoms with Crippen LogP contribution in [0.3, 0.4) is 0 Å². The molecule has 27 heavy (non-hydrogen) atoms. The highest BCUT2D eigenvalue weighted by Crippen LogP contribution is 2.20. The van der Waals surface area contributed by atoms with Gasteiger partial charge in [-0.2, -0.15) is 0 Å². The van der Waals surface area contributed by atoms with Crippen LogP contribution in [0.1, 0.15) is 23.6 Å². The van der Waals surface area contributed by atoms with E-state index in [0.29, 0.717) is 0 Å². The van der Waals surface area contributed by atoms with Crippen LogP contribution in [0.2, 0.25) is 0 Å². The first-order valence-electron chi connectivity index (χ1n) is 8.43. The van der Waals surface area contributed by atoms with E-state index in [-0.39, 0.29) is 26.2 Å². The molecule has 4 N–H and O–H groups in total. The highest BCUT2D eigenvalue weighted by molar-refractivity contribution is 5.68. The van der Waals surface area contributed by atoms with Crippen molar-refractivity contribution in [1.29, 1.82) is 0 Å². The minimum Gasteiger partial charge on any atom is -0.445 e. The van der Waals surface area contributed by atoms with Gasteiger partial charge in [-0.15, -0.1) is 0 Å². The van der Waals surface area contributed by atoms with Gasteiger partial charge in [-0.25, -0.2) is 9.59 Å². The molecule has 0 radical (unpaired) electrons. The summed E-state index contributed by atoms with van der Waals surface area (Å²) in [4.78, 5) is 23.2. The molecule has 0 saturated heterocycles. The molecule has 8 heteroatoms. The number of benzene rings is 1. The zero-order valence-electron chi connectivity index (χ0n) is 15.1. The van der Waals surface area contributed by atoms with Crippen LogP contribution in [0.4, 0.5) is 9.59 Å². The van der Waals surface area contributed by atoms with E-state index in [1.807, 2.05) is 0 Å². The zero-order chi connectivity index (χ0) is 20.1. The molecule has 0 spiro atoms. The Labute approximate surface area is 158 Å². The van der Waals surface area contributed by atoms with Gasteiger partial charge in [0.25, 0.3) is 0 Å². The number of carbonyl (C=O) groups excluding carboxylic acids is 2. The first kappa shape index (κ1) is 22.2.